The third kappa shape index (κ3) is 13.4. The number of nitrogen functional groups attached to an aromatic ring is 1. The standard InChI is InChI=1S/C13H20N4O4.C13H22N4O2.C5H2Cl2N2O2/c1-10(9-20-2)15-11-7-13(14-8-12(11)17(18)19)16-3-5-21-6-4-16;1-10(9-18-2)16-12-7-13(15-8-11(12)14)17-3-5-19-6-4-17;6-3-1-5(7)8-2-4(3)9(10)11/h7-8,10H,3-6,9H2,1-2H3,(H,14,15);7-8,10H,3-6,9,14H2,1-2H3,(H,15,16);1-2H/t2*10-;/m00./s1. The molecule has 0 amide bonds. The lowest BCUT2D eigenvalue weighted by atomic mass is 10.2. The number of nitrogens with one attached hydrogen (secondary N) is 2. The molecule has 3 aromatic heterocycles. The van der Waals surface area contributed by atoms with Crippen molar-refractivity contribution in [1.29, 1.82) is 0 Å². The van der Waals surface area contributed by atoms with Gasteiger partial charge < -0.3 is 45.1 Å². The van der Waals surface area contributed by atoms with Gasteiger partial charge in [-0.05, 0) is 13.8 Å². The van der Waals surface area contributed by atoms with Crippen LogP contribution in [0.25, 0.3) is 0 Å². The Hall–Kier alpha value is -4.33. The van der Waals surface area contributed by atoms with Crippen molar-refractivity contribution in [1.82, 2.24) is 15.0 Å². The molecule has 20 heteroatoms. The zero-order chi connectivity index (χ0) is 37.3. The maximum absolute atomic E-state index is 11.1. The van der Waals surface area contributed by atoms with Crippen molar-refractivity contribution in [2.75, 3.05) is 106 Å². The molecule has 0 spiro atoms. The number of anilines is 5. The first kappa shape index (κ1) is 41.1. The van der Waals surface area contributed by atoms with Crippen LogP contribution in [0.5, 0.6) is 0 Å². The largest absolute Gasteiger partial charge is 0.396 e. The van der Waals surface area contributed by atoms with Crippen LogP contribution in [0.4, 0.5) is 40.1 Å². The van der Waals surface area contributed by atoms with E-state index in [1.807, 2.05) is 13.0 Å². The van der Waals surface area contributed by atoms with E-state index in [1.54, 1.807) is 26.5 Å². The van der Waals surface area contributed by atoms with Crippen molar-refractivity contribution in [3.05, 3.63) is 67.2 Å². The van der Waals surface area contributed by atoms with Gasteiger partial charge in [-0.15, -0.1) is 0 Å². The maximum Gasteiger partial charge on any atom is 0.310 e. The second-order valence-corrected chi connectivity index (χ2v) is 12.2. The highest BCUT2D eigenvalue weighted by Crippen LogP contribution is 2.29. The summed E-state index contributed by atoms with van der Waals surface area (Å²) in [7, 11) is 3.28. The van der Waals surface area contributed by atoms with Gasteiger partial charge in [0.2, 0.25) is 0 Å². The van der Waals surface area contributed by atoms with Crippen LogP contribution < -0.4 is 26.2 Å². The zero-order valence-corrected chi connectivity index (χ0v) is 30.4. The fourth-order valence-electron chi connectivity index (χ4n) is 4.86. The Balaban J connectivity index is 0.000000216. The molecule has 2 fully saturated rings. The monoisotopic (exact) mass is 754 g/mol. The Morgan fingerprint density at radius 1 is 0.784 bits per heavy atom. The summed E-state index contributed by atoms with van der Waals surface area (Å²) in [6.45, 7) is 11.0. The summed E-state index contributed by atoms with van der Waals surface area (Å²) in [5.74, 6) is 1.65. The summed E-state index contributed by atoms with van der Waals surface area (Å²) in [4.78, 5) is 36.6. The van der Waals surface area contributed by atoms with E-state index in [2.05, 4.69) is 42.3 Å². The lowest BCUT2D eigenvalue weighted by Gasteiger charge is -2.28. The van der Waals surface area contributed by atoms with Gasteiger partial charge in [0.15, 0.2) is 0 Å². The number of hydrogen-bond donors (Lipinski definition) is 3. The van der Waals surface area contributed by atoms with E-state index in [4.69, 9.17) is 47.9 Å². The summed E-state index contributed by atoms with van der Waals surface area (Å²) in [5.41, 5.74) is 7.70. The highest BCUT2D eigenvalue weighted by molar-refractivity contribution is 6.35. The van der Waals surface area contributed by atoms with Gasteiger partial charge in [0.25, 0.3) is 0 Å². The van der Waals surface area contributed by atoms with E-state index in [9.17, 15) is 20.2 Å². The van der Waals surface area contributed by atoms with E-state index >= 15 is 0 Å². The van der Waals surface area contributed by atoms with Gasteiger partial charge in [-0.3, -0.25) is 20.2 Å². The summed E-state index contributed by atoms with van der Waals surface area (Å²) < 4.78 is 20.8. The maximum atomic E-state index is 11.1. The fraction of sp³-hybridized carbons (Fsp3) is 0.516. The predicted octanol–water partition coefficient (Wildman–Crippen LogP) is 4.52. The minimum Gasteiger partial charge on any atom is -0.396 e. The Morgan fingerprint density at radius 2 is 1.24 bits per heavy atom. The van der Waals surface area contributed by atoms with Crippen LogP contribution in [0.3, 0.4) is 0 Å². The first-order valence-electron chi connectivity index (χ1n) is 15.9. The molecule has 0 bridgehead atoms. The Morgan fingerprint density at radius 3 is 1.71 bits per heavy atom. The normalized spacial score (nSPS) is 15.3. The first-order valence-corrected chi connectivity index (χ1v) is 16.7. The second-order valence-electron chi connectivity index (χ2n) is 11.4. The van der Waals surface area contributed by atoms with Gasteiger partial charge in [-0.25, -0.2) is 15.0 Å². The van der Waals surface area contributed by atoms with Crippen molar-refractivity contribution in [2.24, 2.45) is 0 Å². The Labute approximate surface area is 305 Å². The quantitative estimate of drug-likeness (QED) is 0.131. The van der Waals surface area contributed by atoms with Crippen molar-refractivity contribution < 1.29 is 28.8 Å². The number of ether oxygens (including phenoxy) is 4. The molecule has 2 saturated heterocycles. The molecule has 3 aromatic rings. The number of nitrogens with zero attached hydrogens (tertiary/aromatic N) is 7. The summed E-state index contributed by atoms with van der Waals surface area (Å²) >= 11 is 10.9. The highest BCUT2D eigenvalue weighted by atomic mass is 35.5. The van der Waals surface area contributed by atoms with Gasteiger partial charge >= 0.3 is 11.4 Å². The van der Waals surface area contributed by atoms with Crippen molar-refractivity contribution >= 4 is 63.3 Å². The molecule has 2 aliphatic heterocycles. The first-order chi connectivity index (χ1) is 24.4. The lowest BCUT2D eigenvalue weighted by Crippen LogP contribution is -2.36. The summed E-state index contributed by atoms with van der Waals surface area (Å²) in [6.07, 6.45) is 4.02. The van der Waals surface area contributed by atoms with Gasteiger partial charge in [0.1, 0.15) is 39.9 Å². The molecule has 0 unspecified atom stereocenters. The SMILES string of the molecule is COC[C@H](C)Nc1cc(N2CCOCC2)ncc1N.COC[C@H](C)Nc1cc(N2CCOCC2)ncc1[N+](=O)[O-].O=[N+]([O-])c1cnc(Cl)cc1Cl. The van der Waals surface area contributed by atoms with E-state index in [-0.39, 0.29) is 33.6 Å². The molecule has 5 heterocycles. The van der Waals surface area contributed by atoms with Crippen LogP contribution in [-0.4, -0.2) is 117 Å². The van der Waals surface area contributed by atoms with Gasteiger partial charge in [0, 0.05) is 70.7 Å². The second kappa shape index (κ2) is 21.1. The number of nitrogens with two attached hydrogens (primary N) is 1. The molecule has 18 nitrogen and oxygen atoms in total. The van der Waals surface area contributed by atoms with Crippen molar-refractivity contribution in [3.8, 4) is 0 Å². The van der Waals surface area contributed by atoms with Crippen LogP contribution in [-0.2, 0) is 18.9 Å². The van der Waals surface area contributed by atoms with Crippen LogP contribution >= 0.6 is 23.2 Å². The van der Waals surface area contributed by atoms with Crippen LogP contribution in [0.1, 0.15) is 13.8 Å². The third-order valence-corrected chi connectivity index (χ3v) is 7.80. The van der Waals surface area contributed by atoms with E-state index in [0.717, 1.165) is 62.9 Å². The number of methoxy groups -OCH3 is 2. The zero-order valence-electron chi connectivity index (χ0n) is 28.9. The van der Waals surface area contributed by atoms with Gasteiger partial charge in [0.05, 0.1) is 67.1 Å². The fourth-order valence-corrected chi connectivity index (χ4v) is 5.29. The molecule has 2 atom stereocenters. The van der Waals surface area contributed by atoms with Crippen molar-refractivity contribution in [3.63, 3.8) is 0 Å². The van der Waals surface area contributed by atoms with Crippen LogP contribution in [0, 0.1) is 20.2 Å². The third-order valence-electron chi connectivity index (χ3n) is 7.29. The number of halogens is 2. The summed E-state index contributed by atoms with van der Waals surface area (Å²) in [6, 6.07) is 5.10. The number of morpholine rings is 2. The number of pyridine rings is 3. The molecule has 0 saturated carbocycles. The molecular weight excluding hydrogens is 711 g/mol. The molecular formula is C31H44Cl2N10O8. The topological polar surface area (TPSA) is 218 Å². The molecule has 0 aromatic carbocycles. The van der Waals surface area contributed by atoms with Crippen LogP contribution in [0.2, 0.25) is 10.2 Å². The van der Waals surface area contributed by atoms with E-state index in [0.29, 0.717) is 37.8 Å². The van der Waals surface area contributed by atoms with Gasteiger partial charge in [-0.2, -0.15) is 0 Å². The smallest absolute Gasteiger partial charge is 0.310 e. The molecule has 4 N–H and O–H groups in total. The van der Waals surface area contributed by atoms with E-state index < -0.39 is 9.85 Å². The summed E-state index contributed by atoms with van der Waals surface area (Å²) in [5, 5.41) is 27.9. The lowest BCUT2D eigenvalue weighted by molar-refractivity contribution is -0.385. The molecule has 5 rings (SSSR count). The molecule has 280 valence electrons. The average molecular weight is 756 g/mol. The minimum atomic E-state index is -0.619. The number of nitro groups is 2. The predicted molar refractivity (Wildman–Crippen MR) is 196 cm³/mol. The average Bonchev–Trinajstić information content (AvgIpc) is 3.10. The number of hydrogen-bond acceptors (Lipinski definition) is 16. The van der Waals surface area contributed by atoms with Crippen molar-refractivity contribution in [2.45, 2.75) is 25.9 Å². The molecule has 2 aliphatic rings. The highest BCUT2D eigenvalue weighted by Gasteiger charge is 2.21. The minimum absolute atomic E-state index is 0.00463. The van der Waals surface area contributed by atoms with Gasteiger partial charge in [-0.1, -0.05) is 23.2 Å². The number of aromatic nitrogens is 3. The Kier molecular flexibility index (Phi) is 17.0. The molecule has 0 radical (unpaired) electrons. The number of rotatable bonds is 12. The molecule has 51 heavy (non-hydrogen) atoms. The molecule has 0 aliphatic carbocycles. The Bertz CT molecular complexity index is 1560. The van der Waals surface area contributed by atoms with E-state index in [1.165, 1.54) is 12.3 Å². The van der Waals surface area contributed by atoms with Crippen LogP contribution in [0.15, 0.2) is 36.8 Å².